The van der Waals surface area contributed by atoms with Gasteiger partial charge < -0.3 is 14.6 Å². The van der Waals surface area contributed by atoms with E-state index in [0.717, 1.165) is 21.7 Å². The summed E-state index contributed by atoms with van der Waals surface area (Å²) in [6, 6.07) is 17.8. The third-order valence-electron chi connectivity index (χ3n) is 7.61. The molecule has 11 heteroatoms. The van der Waals surface area contributed by atoms with Crippen LogP contribution in [-0.2, 0) is 23.1 Å². The maximum Gasteiger partial charge on any atom is 0.255 e. The minimum absolute atomic E-state index is 0.271. The number of carbonyl (C=O) groups excluding carboxylic acids is 1. The number of furan rings is 1. The molecule has 2 aromatic heterocycles. The summed E-state index contributed by atoms with van der Waals surface area (Å²) in [5.74, 6) is 0.271. The molecule has 9 nitrogen and oxygen atoms in total. The Hall–Kier alpha value is -4.77. The van der Waals surface area contributed by atoms with E-state index in [2.05, 4.69) is 15.5 Å². The van der Waals surface area contributed by atoms with Gasteiger partial charge in [-0.15, -0.1) is 5.10 Å². The summed E-state index contributed by atoms with van der Waals surface area (Å²) in [7, 11) is -0.677. The second kappa shape index (κ2) is 10.3. The normalized spacial score (nSPS) is 12.9. The monoisotopic (exact) mass is 585 g/mol. The van der Waals surface area contributed by atoms with Crippen molar-refractivity contribution in [2.75, 3.05) is 29.6 Å². The van der Waals surface area contributed by atoms with Gasteiger partial charge in [-0.3, -0.25) is 9.10 Å². The Kier molecular flexibility index (Phi) is 6.69. The molecule has 0 aliphatic carbocycles. The average Bonchev–Trinajstić information content (AvgIpc) is 3.58. The number of hydrogen-bond donors (Lipinski definition) is 1. The number of anilines is 2. The predicted octanol–water partition coefficient (Wildman–Crippen LogP) is 5.28. The van der Waals surface area contributed by atoms with Crippen molar-refractivity contribution < 1.29 is 22.0 Å². The van der Waals surface area contributed by atoms with Crippen LogP contribution in [0.25, 0.3) is 33.4 Å². The van der Waals surface area contributed by atoms with E-state index < -0.39 is 10.0 Å². The Morgan fingerprint density at radius 1 is 1.07 bits per heavy atom. The number of halogens is 1. The smallest absolute Gasteiger partial charge is 0.255 e. The molecule has 42 heavy (non-hydrogen) atoms. The molecule has 1 aliphatic heterocycles. The van der Waals surface area contributed by atoms with Crippen molar-refractivity contribution in [1.82, 2.24) is 15.5 Å². The first kappa shape index (κ1) is 27.4. The zero-order valence-electron chi connectivity index (χ0n) is 23.5. The predicted molar refractivity (Wildman–Crippen MR) is 160 cm³/mol. The maximum atomic E-state index is 14.4. The number of aromatic nitrogens is 2. The van der Waals surface area contributed by atoms with E-state index in [0.29, 0.717) is 69.1 Å². The fraction of sp³-hybridized carbons (Fsp3) is 0.194. The lowest BCUT2D eigenvalue weighted by Gasteiger charge is -2.21. The van der Waals surface area contributed by atoms with E-state index in [-0.39, 0.29) is 11.7 Å². The lowest BCUT2D eigenvalue weighted by molar-refractivity contribution is 0.0964. The average molecular weight is 586 g/mol. The Balaban J connectivity index is 1.54. The van der Waals surface area contributed by atoms with Gasteiger partial charge in [-0.25, -0.2) is 12.8 Å². The van der Waals surface area contributed by atoms with Crippen LogP contribution in [0.5, 0.6) is 0 Å². The number of hydrogen-bond acceptors (Lipinski definition) is 7. The molecular formula is C31H28FN5O4S. The van der Waals surface area contributed by atoms with E-state index in [1.165, 1.54) is 19.3 Å². The van der Waals surface area contributed by atoms with Crippen LogP contribution in [0.2, 0.25) is 0 Å². The second-order valence-corrected chi connectivity index (χ2v) is 12.4. The first-order valence-corrected chi connectivity index (χ1v) is 15.1. The van der Waals surface area contributed by atoms with Crippen molar-refractivity contribution >= 4 is 38.4 Å². The molecule has 0 unspecified atom stereocenters. The summed E-state index contributed by atoms with van der Waals surface area (Å²) in [5.41, 5.74) is 5.36. The molecule has 0 fully saturated rings. The van der Waals surface area contributed by atoms with Crippen molar-refractivity contribution in [2.45, 2.75) is 20.0 Å². The van der Waals surface area contributed by atoms with Crippen LogP contribution in [0.15, 0.2) is 71.3 Å². The zero-order chi connectivity index (χ0) is 29.8. The van der Waals surface area contributed by atoms with Crippen molar-refractivity contribution in [3.8, 4) is 22.5 Å². The summed E-state index contributed by atoms with van der Waals surface area (Å²) in [6.07, 6.45) is 2.65. The molecule has 3 heterocycles. The van der Waals surface area contributed by atoms with E-state index >= 15 is 0 Å². The number of rotatable bonds is 6. The van der Waals surface area contributed by atoms with Gasteiger partial charge >= 0.3 is 0 Å². The number of carbonyl (C=O) groups is 1. The van der Waals surface area contributed by atoms with Crippen LogP contribution >= 0.6 is 0 Å². The van der Waals surface area contributed by atoms with Crippen LogP contribution in [0.4, 0.5) is 15.9 Å². The van der Waals surface area contributed by atoms with Crippen LogP contribution in [0, 0.1) is 12.7 Å². The molecule has 214 valence electrons. The lowest BCUT2D eigenvalue weighted by atomic mass is 9.99. The SMILES string of the molecule is CNC(=O)c1c(-c2ccc(C)cc2)oc2cc(N(C)S(C)(=O)=O)c(-c3cnnc(N4Cc5cccc(F)c5C4)c3)cc12. The highest BCUT2D eigenvalue weighted by molar-refractivity contribution is 7.92. The van der Waals surface area contributed by atoms with Gasteiger partial charge in [0.15, 0.2) is 5.82 Å². The van der Waals surface area contributed by atoms with Crippen molar-refractivity contribution in [1.29, 1.82) is 0 Å². The topological polar surface area (TPSA) is 109 Å². The summed E-state index contributed by atoms with van der Waals surface area (Å²) in [4.78, 5) is 15.1. The highest BCUT2D eigenvalue weighted by Crippen LogP contribution is 2.42. The summed E-state index contributed by atoms with van der Waals surface area (Å²) >= 11 is 0. The quantitative estimate of drug-likeness (QED) is 0.289. The van der Waals surface area contributed by atoms with Gasteiger partial charge in [0, 0.05) is 60.9 Å². The van der Waals surface area contributed by atoms with Crippen molar-refractivity contribution in [3.63, 3.8) is 0 Å². The van der Waals surface area contributed by atoms with Gasteiger partial charge in [0.2, 0.25) is 10.0 Å². The third kappa shape index (κ3) is 4.75. The summed E-state index contributed by atoms with van der Waals surface area (Å²) < 4.78 is 47.3. The van der Waals surface area contributed by atoms with Gasteiger partial charge in [0.25, 0.3) is 5.91 Å². The number of fused-ring (bicyclic) bond motifs is 2. The molecule has 0 bridgehead atoms. The Bertz CT molecular complexity index is 1970. The largest absolute Gasteiger partial charge is 0.455 e. The lowest BCUT2D eigenvalue weighted by Crippen LogP contribution is -2.25. The number of aryl methyl sites for hydroxylation is 1. The van der Waals surface area contributed by atoms with Gasteiger partial charge in [-0.1, -0.05) is 42.0 Å². The fourth-order valence-corrected chi connectivity index (χ4v) is 5.77. The standard InChI is InChI=1S/C31H28FN5O4S/c1-18-8-10-19(11-9-18)30-29(31(38)33-2)23-13-22(26(14-27(23)41-30)36(3)42(4,39)40)21-12-28(35-34-15-21)37-16-20-6-5-7-25(32)24(20)17-37/h5-15H,16-17H2,1-4H3,(H,33,38). The number of amides is 1. The second-order valence-electron chi connectivity index (χ2n) is 10.4. The minimum atomic E-state index is -3.68. The highest BCUT2D eigenvalue weighted by atomic mass is 32.2. The molecule has 0 atom stereocenters. The zero-order valence-corrected chi connectivity index (χ0v) is 24.3. The Morgan fingerprint density at radius 2 is 1.83 bits per heavy atom. The minimum Gasteiger partial charge on any atom is -0.455 e. The molecule has 5 aromatic rings. The first-order chi connectivity index (χ1) is 20.0. The molecule has 0 radical (unpaired) electrons. The molecule has 0 saturated heterocycles. The van der Waals surface area contributed by atoms with Gasteiger partial charge in [-0.05, 0) is 30.7 Å². The highest BCUT2D eigenvalue weighted by Gasteiger charge is 2.27. The van der Waals surface area contributed by atoms with Crippen LogP contribution in [0.1, 0.15) is 27.0 Å². The van der Waals surface area contributed by atoms with Crippen molar-refractivity contribution in [3.05, 3.63) is 94.9 Å². The van der Waals surface area contributed by atoms with Gasteiger partial charge in [0.1, 0.15) is 17.2 Å². The van der Waals surface area contributed by atoms with Crippen LogP contribution < -0.4 is 14.5 Å². The molecule has 1 aliphatic rings. The fourth-order valence-electron chi connectivity index (χ4n) is 5.26. The van der Waals surface area contributed by atoms with E-state index in [1.54, 1.807) is 31.3 Å². The molecule has 0 spiro atoms. The van der Waals surface area contributed by atoms with Crippen LogP contribution in [-0.4, -0.2) is 44.9 Å². The molecule has 1 N–H and O–H groups in total. The Morgan fingerprint density at radius 3 is 2.52 bits per heavy atom. The number of nitrogens with one attached hydrogen (secondary N) is 1. The molecule has 1 amide bonds. The molecule has 6 rings (SSSR count). The number of sulfonamides is 1. The van der Waals surface area contributed by atoms with E-state index in [4.69, 9.17) is 4.42 Å². The van der Waals surface area contributed by atoms with Crippen molar-refractivity contribution in [2.24, 2.45) is 0 Å². The van der Waals surface area contributed by atoms with Crippen LogP contribution in [0.3, 0.4) is 0 Å². The third-order valence-corrected chi connectivity index (χ3v) is 8.81. The van der Waals surface area contributed by atoms with E-state index in [1.807, 2.05) is 42.2 Å². The summed E-state index contributed by atoms with van der Waals surface area (Å²) in [5, 5.41) is 11.7. The summed E-state index contributed by atoms with van der Waals surface area (Å²) in [6.45, 7) is 2.76. The number of benzene rings is 3. The Labute approximate surface area is 242 Å². The van der Waals surface area contributed by atoms with E-state index in [9.17, 15) is 17.6 Å². The molecule has 3 aromatic carbocycles. The molecule has 0 saturated carbocycles. The maximum absolute atomic E-state index is 14.4. The first-order valence-electron chi connectivity index (χ1n) is 13.2. The van der Waals surface area contributed by atoms with Gasteiger partial charge in [-0.2, -0.15) is 5.10 Å². The molecular weight excluding hydrogens is 557 g/mol. The number of nitrogens with zero attached hydrogens (tertiary/aromatic N) is 4. The van der Waals surface area contributed by atoms with Gasteiger partial charge in [0.05, 0.1) is 23.7 Å².